The van der Waals surface area contributed by atoms with Gasteiger partial charge < -0.3 is 10.6 Å². The van der Waals surface area contributed by atoms with Gasteiger partial charge in [0.15, 0.2) is 0 Å². The van der Waals surface area contributed by atoms with E-state index in [4.69, 9.17) is 0 Å². The minimum absolute atomic E-state index is 0.00161. The number of benzene rings is 2. The third kappa shape index (κ3) is 4.53. The Balaban J connectivity index is 1.84. The van der Waals surface area contributed by atoms with Crippen LogP contribution in [0.3, 0.4) is 0 Å². The molecule has 3 aromatic rings. The number of alkyl halides is 3. The number of halogens is 3. The Kier molecular flexibility index (Phi) is 5.39. The highest BCUT2D eigenvalue weighted by atomic mass is 19.4. The van der Waals surface area contributed by atoms with E-state index in [0.717, 1.165) is 24.0 Å². The van der Waals surface area contributed by atoms with E-state index in [2.05, 4.69) is 20.6 Å². The maximum atomic E-state index is 12.7. The fraction of sp³-hybridized carbons (Fsp3) is 0.111. The average molecular weight is 389 g/mol. The van der Waals surface area contributed by atoms with Crippen molar-refractivity contribution in [1.82, 2.24) is 9.97 Å². The van der Waals surface area contributed by atoms with Gasteiger partial charge in [-0.05, 0) is 29.8 Å². The minimum atomic E-state index is -4.46. The van der Waals surface area contributed by atoms with Crippen molar-refractivity contribution in [1.29, 1.82) is 0 Å². The number of nitrogens with zero attached hydrogens (tertiary/aromatic N) is 3. The number of nitro groups is 1. The molecule has 144 valence electrons. The maximum absolute atomic E-state index is 12.7. The van der Waals surface area contributed by atoms with Gasteiger partial charge in [-0.15, -0.1) is 0 Å². The molecule has 0 fully saturated rings. The molecule has 0 aliphatic rings. The Morgan fingerprint density at radius 1 is 0.964 bits per heavy atom. The smallest absolute Gasteiger partial charge is 0.360 e. The van der Waals surface area contributed by atoms with Gasteiger partial charge in [0.05, 0.1) is 10.5 Å². The summed E-state index contributed by atoms with van der Waals surface area (Å²) >= 11 is 0. The molecule has 0 spiro atoms. The zero-order valence-corrected chi connectivity index (χ0v) is 14.3. The van der Waals surface area contributed by atoms with E-state index < -0.39 is 22.4 Å². The standard InChI is InChI=1S/C18H14F3N5O2/c19-18(20,21)13-6-8-14(9-7-13)25-17-15(26(27)28)16(23-11-24-17)22-10-12-4-2-1-3-5-12/h1-9,11H,10H2,(H2,22,23,24,25). The van der Waals surface area contributed by atoms with E-state index in [1.54, 1.807) is 0 Å². The summed E-state index contributed by atoms with van der Waals surface area (Å²) < 4.78 is 38.0. The van der Waals surface area contributed by atoms with Crippen LogP contribution < -0.4 is 10.6 Å². The van der Waals surface area contributed by atoms with Gasteiger partial charge in [0.1, 0.15) is 6.33 Å². The van der Waals surface area contributed by atoms with Crippen LogP contribution in [0.1, 0.15) is 11.1 Å². The van der Waals surface area contributed by atoms with Crippen LogP contribution >= 0.6 is 0 Å². The Labute approximate surface area is 157 Å². The van der Waals surface area contributed by atoms with E-state index >= 15 is 0 Å². The summed E-state index contributed by atoms with van der Waals surface area (Å²) in [4.78, 5) is 18.6. The van der Waals surface area contributed by atoms with Crippen molar-refractivity contribution < 1.29 is 18.1 Å². The molecule has 1 heterocycles. The van der Waals surface area contributed by atoms with E-state index in [-0.39, 0.29) is 17.3 Å². The predicted molar refractivity (Wildman–Crippen MR) is 97.2 cm³/mol. The SMILES string of the molecule is O=[N+]([O-])c1c(NCc2ccccc2)ncnc1Nc1ccc(C(F)(F)F)cc1. The molecule has 28 heavy (non-hydrogen) atoms. The first-order chi connectivity index (χ1) is 13.3. The molecule has 0 unspecified atom stereocenters. The van der Waals surface area contributed by atoms with Crippen molar-refractivity contribution >= 4 is 23.0 Å². The maximum Gasteiger partial charge on any atom is 0.416 e. The third-order valence-electron chi connectivity index (χ3n) is 3.78. The lowest BCUT2D eigenvalue weighted by Crippen LogP contribution is -2.08. The van der Waals surface area contributed by atoms with Gasteiger partial charge in [-0.3, -0.25) is 10.1 Å². The summed E-state index contributed by atoms with van der Waals surface area (Å²) in [5, 5.41) is 17.1. The molecule has 0 aliphatic heterocycles. The van der Waals surface area contributed by atoms with Crippen molar-refractivity contribution in [3.05, 3.63) is 82.2 Å². The zero-order chi connectivity index (χ0) is 20.1. The predicted octanol–water partition coefficient (Wildman–Crippen LogP) is 4.76. The molecule has 3 rings (SSSR count). The second-order valence-electron chi connectivity index (χ2n) is 5.72. The van der Waals surface area contributed by atoms with Gasteiger partial charge in [-0.2, -0.15) is 13.2 Å². The first-order valence-corrected chi connectivity index (χ1v) is 8.06. The molecule has 7 nitrogen and oxygen atoms in total. The number of hydrogen-bond donors (Lipinski definition) is 2. The highest BCUT2D eigenvalue weighted by molar-refractivity contribution is 5.73. The molecular formula is C18H14F3N5O2. The molecule has 2 aromatic carbocycles. The monoisotopic (exact) mass is 389 g/mol. The second-order valence-corrected chi connectivity index (χ2v) is 5.72. The van der Waals surface area contributed by atoms with Crippen LogP contribution in [0, 0.1) is 10.1 Å². The van der Waals surface area contributed by atoms with Crippen LogP contribution in [0.4, 0.5) is 36.2 Å². The molecule has 0 aliphatic carbocycles. The summed E-state index contributed by atoms with van der Waals surface area (Å²) in [6.45, 7) is 0.304. The quantitative estimate of drug-likeness (QED) is 0.466. The van der Waals surface area contributed by atoms with Crippen molar-refractivity contribution in [3.8, 4) is 0 Å². The van der Waals surface area contributed by atoms with Crippen molar-refractivity contribution in [3.63, 3.8) is 0 Å². The summed E-state index contributed by atoms with van der Waals surface area (Å²) in [5.41, 5.74) is -0.102. The molecular weight excluding hydrogens is 375 g/mol. The first-order valence-electron chi connectivity index (χ1n) is 8.06. The van der Waals surface area contributed by atoms with E-state index in [1.807, 2.05) is 30.3 Å². The molecule has 0 amide bonds. The number of aromatic nitrogens is 2. The normalized spacial score (nSPS) is 11.1. The van der Waals surface area contributed by atoms with Gasteiger partial charge in [-0.1, -0.05) is 30.3 Å². The first kappa shape index (κ1) is 19.1. The molecule has 0 bridgehead atoms. The van der Waals surface area contributed by atoms with E-state index in [1.165, 1.54) is 12.1 Å². The van der Waals surface area contributed by atoms with Crippen LogP contribution in [0.15, 0.2) is 60.9 Å². The number of hydrogen-bond acceptors (Lipinski definition) is 6. The summed E-state index contributed by atoms with van der Waals surface area (Å²) in [6.07, 6.45) is -3.33. The number of rotatable bonds is 6. The van der Waals surface area contributed by atoms with Crippen LogP contribution in [0.5, 0.6) is 0 Å². The van der Waals surface area contributed by atoms with Crippen molar-refractivity contribution in [2.24, 2.45) is 0 Å². The fourth-order valence-electron chi connectivity index (χ4n) is 2.43. The largest absolute Gasteiger partial charge is 0.416 e. The highest BCUT2D eigenvalue weighted by Crippen LogP contribution is 2.33. The van der Waals surface area contributed by atoms with Gasteiger partial charge in [0, 0.05) is 12.2 Å². The lowest BCUT2D eigenvalue weighted by molar-refractivity contribution is -0.383. The molecule has 2 N–H and O–H groups in total. The molecule has 10 heteroatoms. The Hall–Kier alpha value is -3.69. The van der Waals surface area contributed by atoms with Crippen LogP contribution in [-0.2, 0) is 12.7 Å². The van der Waals surface area contributed by atoms with E-state index in [9.17, 15) is 23.3 Å². The Morgan fingerprint density at radius 2 is 1.61 bits per heavy atom. The molecule has 0 radical (unpaired) electrons. The van der Waals surface area contributed by atoms with E-state index in [0.29, 0.717) is 6.54 Å². The summed E-state index contributed by atoms with van der Waals surface area (Å²) in [5.74, 6) is -0.131. The molecule has 0 saturated heterocycles. The van der Waals surface area contributed by atoms with Gasteiger partial charge >= 0.3 is 11.9 Å². The summed E-state index contributed by atoms with van der Waals surface area (Å²) in [7, 11) is 0. The van der Waals surface area contributed by atoms with Crippen molar-refractivity contribution in [2.75, 3.05) is 10.6 Å². The molecule has 0 atom stereocenters. The van der Waals surface area contributed by atoms with Crippen molar-refractivity contribution in [2.45, 2.75) is 12.7 Å². The van der Waals surface area contributed by atoms with Crippen LogP contribution in [-0.4, -0.2) is 14.9 Å². The Morgan fingerprint density at radius 3 is 2.21 bits per heavy atom. The topological polar surface area (TPSA) is 93.0 Å². The summed E-state index contributed by atoms with van der Waals surface area (Å²) in [6, 6.07) is 13.3. The number of nitrogens with one attached hydrogen (secondary N) is 2. The zero-order valence-electron chi connectivity index (χ0n) is 14.3. The van der Waals surface area contributed by atoms with Gasteiger partial charge in [0.25, 0.3) is 0 Å². The fourth-order valence-corrected chi connectivity index (χ4v) is 2.43. The van der Waals surface area contributed by atoms with Gasteiger partial charge in [0.2, 0.25) is 11.6 Å². The average Bonchev–Trinajstić information content (AvgIpc) is 2.67. The molecule has 0 saturated carbocycles. The Bertz CT molecular complexity index is 963. The second kappa shape index (κ2) is 7.91. The van der Waals surface area contributed by atoms with Gasteiger partial charge in [-0.25, -0.2) is 9.97 Å². The highest BCUT2D eigenvalue weighted by Gasteiger charge is 2.30. The number of anilines is 3. The lowest BCUT2D eigenvalue weighted by atomic mass is 10.2. The third-order valence-corrected chi connectivity index (χ3v) is 3.78. The minimum Gasteiger partial charge on any atom is -0.360 e. The molecule has 1 aromatic heterocycles. The lowest BCUT2D eigenvalue weighted by Gasteiger charge is -2.11. The van der Waals surface area contributed by atoms with Crippen LogP contribution in [0.2, 0.25) is 0 Å². The van der Waals surface area contributed by atoms with Crippen LogP contribution in [0.25, 0.3) is 0 Å².